The molecule has 1 aliphatic rings. The predicted molar refractivity (Wildman–Crippen MR) is 93.9 cm³/mol. The minimum absolute atomic E-state index is 0.0310. The Morgan fingerprint density at radius 3 is 2.92 bits per heavy atom. The molecule has 26 heavy (non-hydrogen) atoms. The number of hydrogen-bond donors (Lipinski definition) is 1. The Morgan fingerprint density at radius 1 is 1.31 bits per heavy atom. The maximum atomic E-state index is 12.7. The Kier molecular flexibility index (Phi) is 4.68. The van der Waals surface area contributed by atoms with Crippen LogP contribution in [0.2, 0.25) is 0 Å². The summed E-state index contributed by atoms with van der Waals surface area (Å²) in [5, 5.41) is 7.21. The van der Waals surface area contributed by atoms with Gasteiger partial charge in [-0.1, -0.05) is 0 Å². The normalized spacial score (nSPS) is 16.7. The highest BCUT2D eigenvalue weighted by atomic mass is 16.5. The standard InChI is InChI=1S/C18H21N5O3/c1-13-2-3-17(26-13)16(22-6-8-25-9-7-22)12-20-18(24)14-10-21-23-5-4-19-11-15(14)23/h2-5,10-11,16H,6-9,12H2,1H3,(H,20,24)/t16-/m0/s1. The van der Waals surface area contributed by atoms with E-state index in [2.05, 4.69) is 20.3 Å². The summed E-state index contributed by atoms with van der Waals surface area (Å²) >= 11 is 0. The zero-order valence-corrected chi connectivity index (χ0v) is 14.6. The quantitative estimate of drug-likeness (QED) is 0.745. The van der Waals surface area contributed by atoms with E-state index in [0.29, 0.717) is 30.8 Å². The van der Waals surface area contributed by atoms with Gasteiger partial charge in [0.2, 0.25) is 0 Å². The van der Waals surface area contributed by atoms with Crippen LogP contribution in [0.1, 0.15) is 27.9 Å². The van der Waals surface area contributed by atoms with Crippen LogP contribution in [-0.2, 0) is 4.74 Å². The third-order valence-corrected chi connectivity index (χ3v) is 4.60. The lowest BCUT2D eigenvalue weighted by molar-refractivity contribution is 0.0117. The lowest BCUT2D eigenvalue weighted by Crippen LogP contribution is -2.43. The first-order chi connectivity index (χ1) is 12.7. The highest BCUT2D eigenvalue weighted by molar-refractivity contribution is 6.00. The smallest absolute Gasteiger partial charge is 0.255 e. The molecular formula is C18H21N5O3. The number of rotatable bonds is 5. The molecule has 0 spiro atoms. The first-order valence-electron chi connectivity index (χ1n) is 8.66. The largest absolute Gasteiger partial charge is 0.465 e. The molecule has 1 atom stereocenters. The molecule has 1 saturated heterocycles. The third kappa shape index (κ3) is 3.33. The van der Waals surface area contributed by atoms with Crippen LogP contribution in [0.3, 0.4) is 0 Å². The molecule has 136 valence electrons. The minimum Gasteiger partial charge on any atom is -0.465 e. The topological polar surface area (TPSA) is 84.9 Å². The van der Waals surface area contributed by atoms with Gasteiger partial charge in [-0.15, -0.1) is 0 Å². The van der Waals surface area contributed by atoms with Crippen molar-refractivity contribution in [1.82, 2.24) is 24.8 Å². The van der Waals surface area contributed by atoms with E-state index in [1.807, 2.05) is 19.1 Å². The Morgan fingerprint density at radius 2 is 2.15 bits per heavy atom. The molecule has 8 heteroatoms. The monoisotopic (exact) mass is 355 g/mol. The second-order valence-corrected chi connectivity index (χ2v) is 6.29. The molecule has 0 radical (unpaired) electrons. The summed E-state index contributed by atoms with van der Waals surface area (Å²) in [7, 11) is 0. The molecule has 0 aliphatic carbocycles. The Labute approximate surface area is 150 Å². The molecule has 4 heterocycles. The van der Waals surface area contributed by atoms with Crippen LogP contribution in [0.5, 0.6) is 0 Å². The molecule has 0 aromatic carbocycles. The van der Waals surface area contributed by atoms with Crippen LogP contribution in [0.25, 0.3) is 5.52 Å². The van der Waals surface area contributed by atoms with Gasteiger partial charge >= 0.3 is 0 Å². The van der Waals surface area contributed by atoms with E-state index in [-0.39, 0.29) is 11.9 Å². The molecule has 8 nitrogen and oxygen atoms in total. The van der Waals surface area contributed by atoms with Crippen LogP contribution >= 0.6 is 0 Å². The second kappa shape index (κ2) is 7.27. The van der Waals surface area contributed by atoms with E-state index in [9.17, 15) is 4.79 Å². The van der Waals surface area contributed by atoms with Gasteiger partial charge < -0.3 is 14.5 Å². The van der Waals surface area contributed by atoms with E-state index in [1.54, 1.807) is 29.3 Å². The number of aryl methyl sites for hydroxylation is 1. The fourth-order valence-corrected chi connectivity index (χ4v) is 3.23. The molecule has 1 N–H and O–H groups in total. The van der Waals surface area contributed by atoms with Crippen LogP contribution in [0, 0.1) is 6.92 Å². The summed E-state index contributed by atoms with van der Waals surface area (Å²) in [4.78, 5) is 19.0. The molecule has 1 fully saturated rings. The SMILES string of the molecule is Cc1ccc([C@H](CNC(=O)c2cnn3ccncc23)N2CCOCC2)o1. The number of nitrogens with one attached hydrogen (secondary N) is 1. The zero-order chi connectivity index (χ0) is 17.9. The van der Waals surface area contributed by atoms with E-state index >= 15 is 0 Å². The van der Waals surface area contributed by atoms with Crippen molar-refractivity contribution < 1.29 is 13.9 Å². The van der Waals surface area contributed by atoms with Gasteiger partial charge in [-0.05, 0) is 19.1 Å². The van der Waals surface area contributed by atoms with Crippen LogP contribution < -0.4 is 5.32 Å². The number of fused-ring (bicyclic) bond motifs is 1. The molecule has 0 bridgehead atoms. The van der Waals surface area contributed by atoms with E-state index in [4.69, 9.17) is 9.15 Å². The molecule has 0 saturated carbocycles. The summed E-state index contributed by atoms with van der Waals surface area (Å²) in [6, 6.07) is 3.89. The van der Waals surface area contributed by atoms with Crippen LogP contribution in [-0.4, -0.2) is 58.3 Å². The van der Waals surface area contributed by atoms with Gasteiger partial charge in [0.1, 0.15) is 11.5 Å². The van der Waals surface area contributed by atoms with Crippen molar-refractivity contribution in [2.45, 2.75) is 13.0 Å². The van der Waals surface area contributed by atoms with Gasteiger partial charge in [-0.3, -0.25) is 14.7 Å². The summed E-state index contributed by atoms with van der Waals surface area (Å²) in [5.74, 6) is 1.54. The molecule has 0 unspecified atom stereocenters. The highest BCUT2D eigenvalue weighted by Gasteiger charge is 2.26. The van der Waals surface area contributed by atoms with Gasteiger partial charge in [-0.25, -0.2) is 4.52 Å². The number of aromatic nitrogens is 3. The first kappa shape index (κ1) is 16.7. The number of amides is 1. The Balaban J connectivity index is 1.51. The van der Waals surface area contributed by atoms with Gasteiger partial charge in [0.15, 0.2) is 0 Å². The second-order valence-electron chi connectivity index (χ2n) is 6.29. The summed E-state index contributed by atoms with van der Waals surface area (Å²) < 4.78 is 12.9. The van der Waals surface area contributed by atoms with Crippen LogP contribution in [0.4, 0.5) is 0 Å². The third-order valence-electron chi connectivity index (χ3n) is 4.60. The minimum atomic E-state index is -0.172. The van der Waals surface area contributed by atoms with Crippen molar-refractivity contribution in [1.29, 1.82) is 0 Å². The average molecular weight is 355 g/mol. The summed E-state index contributed by atoms with van der Waals surface area (Å²) in [6.45, 7) is 5.35. The fraction of sp³-hybridized carbons (Fsp3) is 0.389. The molecule has 3 aromatic heterocycles. The van der Waals surface area contributed by atoms with Crippen molar-refractivity contribution in [3.63, 3.8) is 0 Å². The number of morpholine rings is 1. The lowest BCUT2D eigenvalue weighted by atomic mass is 10.1. The maximum absolute atomic E-state index is 12.7. The maximum Gasteiger partial charge on any atom is 0.255 e. The van der Waals surface area contributed by atoms with Gasteiger partial charge in [0.05, 0.1) is 42.7 Å². The summed E-state index contributed by atoms with van der Waals surface area (Å²) in [6.07, 6.45) is 6.55. The lowest BCUT2D eigenvalue weighted by Gasteiger charge is -2.33. The van der Waals surface area contributed by atoms with E-state index in [0.717, 1.165) is 24.6 Å². The number of nitrogens with zero attached hydrogens (tertiary/aromatic N) is 4. The number of carbonyl (C=O) groups excluding carboxylic acids is 1. The number of ether oxygens (including phenoxy) is 1. The Hall–Kier alpha value is -2.71. The number of furan rings is 1. The van der Waals surface area contributed by atoms with Gasteiger partial charge in [0.25, 0.3) is 5.91 Å². The van der Waals surface area contributed by atoms with E-state index in [1.165, 1.54) is 0 Å². The molecular weight excluding hydrogens is 334 g/mol. The molecule has 1 amide bonds. The van der Waals surface area contributed by atoms with Crippen LogP contribution in [0.15, 0.2) is 41.3 Å². The highest BCUT2D eigenvalue weighted by Crippen LogP contribution is 2.23. The summed E-state index contributed by atoms with van der Waals surface area (Å²) in [5.41, 5.74) is 1.19. The first-order valence-corrected chi connectivity index (χ1v) is 8.66. The van der Waals surface area contributed by atoms with Gasteiger partial charge in [0, 0.05) is 32.0 Å². The predicted octanol–water partition coefficient (Wildman–Crippen LogP) is 1.43. The average Bonchev–Trinajstić information content (AvgIpc) is 3.29. The molecule has 1 aliphatic heterocycles. The van der Waals surface area contributed by atoms with Gasteiger partial charge in [-0.2, -0.15) is 5.10 Å². The molecule has 4 rings (SSSR count). The zero-order valence-electron chi connectivity index (χ0n) is 14.6. The Bertz CT molecular complexity index is 897. The molecule has 3 aromatic rings. The van der Waals surface area contributed by atoms with Crippen molar-refractivity contribution in [3.05, 3.63) is 54.0 Å². The fourth-order valence-electron chi connectivity index (χ4n) is 3.23. The van der Waals surface area contributed by atoms with Crippen molar-refractivity contribution >= 4 is 11.4 Å². The van der Waals surface area contributed by atoms with E-state index < -0.39 is 0 Å². The van der Waals surface area contributed by atoms with Crippen molar-refractivity contribution in [2.24, 2.45) is 0 Å². The van der Waals surface area contributed by atoms with Crippen molar-refractivity contribution in [2.75, 3.05) is 32.8 Å². The van der Waals surface area contributed by atoms with Crippen molar-refractivity contribution in [3.8, 4) is 0 Å². The number of hydrogen-bond acceptors (Lipinski definition) is 6. The number of carbonyl (C=O) groups is 1.